The van der Waals surface area contributed by atoms with Crippen molar-refractivity contribution in [3.8, 4) is 0 Å². The van der Waals surface area contributed by atoms with Crippen LogP contribution < -0.4 is 0 Å². The van der Waals surface area contributed by atoms with E-state index in [0.29, 0.717) is 0 Å². The van der Waals surface area contributed by atoms with Crippen molar-refractivity contribution in [3.05, 3.63) is 0 Å². The molecule has 66 valence electrons. The van der Waals surface area contributed by atoms with Crippen molar-refractivity contribution in [3.63, 3.8) is 0 Å². The van der Waals surface area contributed by atoms with Crippen molar-refractivity contribution < 1.29 is 12.9 Å². The Labute approximate surface area is 69.6 Å². The summed E-state index contributed by atoms with van der Waals surface area (Å²) < 4.78 is 23.9. The first kappa shape index (κ1) is 9.16. The molecule has 1 aliphatic rings. The van der Waals surface area contributed by atoms with Crippen LogP contribution in [-0.4, -0.2) is 14.4 Å². The topological polar surface area (TPSA) is 46.5 Å². The molecule has 0 bridgehead atoms. The number of hydrogen-bond donors (Lipinski definition) is 1. The molecular formula is C7H14O3S. The molecule has 1 N–H and O–H groups in total. The van der Waals surface area contributed by atoms with E-state index in [1.54, 1.807) is 0 Å². The van der Waals surface area contributed by atoms with Gasteiger partial charge in [-0.1, -0.05) is 19.8 Å². The van der Waals surface area contributed by atoms with Gasteiger partial charge in [0.05, 0.1) is 5.60 Å². The summed E-state index contributed by atoms with van der Waals surface area (Å²) in [6.45, 7) is 2.00. The Hall–Kier alpha value is 0.0700. The van der Waals surface area contributed by atoms with E-state index in [2.05, 4.69) is 0 Å². The lowest BCUT2D eigenvalue weighted by Gasteiger charge is -2.24. The van der Waals surface area contributed by atoms with Crippen LogP contribution >= 0.6 is 0 Å². The lowest BCUT2D eigenvalue weighted by Crippen LogP contribution is -2.28. The maximum absolute atomic E-state index is 10.4. The van der Waals surface area contributed by atoms with Crippen LogP contribution in [-0.2, 0) is 15.5 Å². The first-order valence-electron chi connectivity index (χ1n) is 3.99. The van der Waals surface area contributed by atoms with Gasteiger partial charge in [-0.05, 0) is 19.3 Å². The minimum Gasteiger partial charge on any atom is -0.284 e. The van der Waals surface area contributed by atoms with Gasteiger partial charge in [0.1, 0.15) is 0 Å². The third kappa shape index (κ3) is 2.25. The average molecular weight is 178 g/mol. The molecule has 4 heteroatoms. The van der Waals surface area contributed by atoms with Crippen LogP contribution in [0.5, 0.6) is 0 Å². The van der Waals surface area contributed by atoms with Crippen molar-refractivity contribution in [2.45, 2.75) is 44.6 Å². The second kappa shape index (κ2) is 3.65. The summed E-state index contributed by atoms with van der Waals surface area (Å²) in [5, 5.41) is 0. The van der Waals surface area contributed by atoms with Crippen LogP contribution in [0.4, 0.5) is 0 Å². The zero-order valence-corrected chi connectivity index (χ0v) is 7.52. The molecule has 0 amide bonds. The highest BCUT2D eigenvalue weighted by atomic mass is 32.2. The van der Waals surface area contributed by atoms with E-state index < -0.39 is 11.4 Å². The standard InChI is InChI=1S/C7H14O3S/c1-2-7(10-11(8)9)5-3-4-6-7/h2-6H2,1H3,(H,8,9). The monoisotopic (exact) mass is 178 g/mol. The fraction of sp³-hybridized carbons (Fsp3) is 1.00. The predicted molar refractivity (Wildman–Crippen MR) is 43.3 cm³/mol. The molecule has 0 aromatic heterocycles. The van der Waals surface area contributed by atoms with Crippen LogP contribution in [0, 0.1) is 0 Å². The lowest BCUT2D eigenvalue weighted by molar-refractivity contribution is 0.0775. The molecule has 1 fully saturated rings. The fourth-order valence-electron chi connectivity index (χ4n) is 1.67. The molecule has 1 atom stereocenters. The Balaban J connectivity index is 2.52. The van der Waals surface area contributed by atoms with Crippen molar-refractivity contribution in [1.29, 1.82) is 0 Å². The van der Waals surface area contributed by atoms with E-state index in [9.17, 15) is 4.21 Å². The second-order valence-electron chi connectivity index (χ2n) is 3.04. The molecule has 0 aliphatic heterocycles. The summed E-state index contributed by atoms with van der Waals surface area (Å²) in [7, 11) is 0. The molecule has 1 unspecified atom stereocenters. The minimum absolute atomic E-state index is 0.292. The van der Waals surface area contributed by atoms with Crippen LogP contribution in [0.1, 0.15) is 39.0 Å². The Morgan fingerprint density at radius 1 is 1.55 bits per heavy atom. The van der Waals surface area contributed by atoms with Gasteiger partial charge < -0.3 is 0 Å². The average Bonchev–Trinajstić information content (AvgIpc) is 2.36. The molecule has 11 heavy (non-hydrogen) atoms. The van der Waals surface area contributed by atoms with Crippen LogP contribution in [0.25, 0.3) is 0 Å². The maximum atomic E-state index is 10.4. The molecule has 0 spiro atoms. The highest BCUT2D eigenvalue weighted by Gasteiger charge is 2.34. The molecule has 0 aromatic rings. The highest BCUT2D eigenvalue weighted by molar-refractivity contribution is 7.74. The smallest absolute Gasteiger partial charge is 0.284 e. The van der Waals surface area contributed by atoms with Gasteiger partial charge in [0.15, 0.2) is 0 Å². The van der Waals surface area contributed by atoms with E-state index in [0.717, 1.165) is 32.1 Å². The fourth-order valence-corrected chi connectivity index (χ4v) is 2.25. The van der Waals surface area contributed by atoms with Gasteiger partial charge in [-0.2, -0.15) is 4.21 Å². The second-order valence-corrected chi connectivity index (χ2v) is 3.65. The van der Waals surface area contributed by atoms with Crippen molar-refractivity contribution >= 4 is 11.4 Å². The zero-order chi connectivity index (χ0) is 8.32. The Kier molecular flexibility index (Phi) is 3.04. The van der Waals surface area contributed by atoms with Gasteiger partial charge in [-0.15, -0.1) is 0 Å². The van der Waals surface area contributed by atoms with Gasteiger partial charge in [-0.3, -0.25) is 8.74 Å². The van der Waals surface area contributed by atoms with Crippen LogP contribution in [0.3, 0.4) is 0 Å². The Morgan fingerprint density at radius 3 is 2.45 bits per heavy atom. The zero-order valence-electron chi connectivity index (χ0n) is 6.71. The molecule has 0 saturated heterocycles. The van der Waals surface area contributed by atoms with E-state index in [1.165, 1.54) is 0 Å². The third-order valence-electron chi connectivity index (χ3n) is 2.41. The minimum atomic E-state index is -2.09. The normalized spacial score (nSPS) is 25.3. The van der Waals surface area contributed by atoms with E-state index in [4.69, 9.17) is 8.74 Å². The summed E-state index contributed by atoms with van der Waals surface area (Å²) in [5.74, 6) is 0. The Bertz CT molecular complexity index is 152. The van der Waals surface area contributed by atoms with Crippen molar-refractivity contribution in [1.82, 2.24) is 0 Å². The van der Waals surface area contributed by atoms with Gasteiger partial charge in [0, 0.05) is 0 Å². The van der Waals surface area contributed by atoms with Gasteiger partial charge in [-0.25, -0.2) is 0 Å². The SMILES string of the molecule is CCC1(OS(=O)O)CCCC1. The maximum Gasteiger partial charge on any atom is 0.302 e. The largest absolute Gasteiger partial charge is 0.302 e. The molecule has 1 rings (SSSR count). The molecule has 3 nitrogen and oxygen atoms in total. The molecule has 0 aromatic carbocycles. The van der Waals surface area contributed by atoms with Crippen LogP contribution in [0.15, 0.2) is 0 Å². The van der Waals surface area contributed by atoms with E-state index in [1.807, 2.05) is 6.92 Å². The quantitative estimate of drug-likeness (QED) is 0.671. The van der Waals surface area contributed by atoms with E-state index in [-0.39, 0.29) is 5.60 Å². The summed E-state index contributed by atoms with van der Waals surface area (Å²) in [4.78, 5) is 0. The number of hydrogen-bond acceptors (Lipinski definition) is 2. The van der Waals surface area contributed by atoms with Gasteiger partial charge >= 0.3 is 11.4 Å². The Morgan fingerprint density at radius 2 is 2.09 bits per heavy atom. The predicted octanol–water partition coefficient (Wildman–Crippen LogP) is 1.86. The van der Waals surface area contributed by atoms with Crippen molar-refractivity contribution in [2.24, 2.45) is 0 Å². The molecule has 0 heterocycles. The van der Waals surface area contributed by atoms with Crippen LogP contribution in [0.2, 0.25) is 0 Å². The highest BCUT2D eigenvalue weighted by Crippen LogP contribution is 2.36. The summed E-state index contributed by atoms with van der Waals surface area (Å²) in [5.41, 5.74) is -0.292. The first-order valence-corrected chi connectivity index (χ1v) is 5.02. The number of rotatable bonds is 3. The summed E-state index contributed by atoms with van der Waals surface area (Å²) in [6, 6.07) is 0. The molecule has 1 saturated carbocycles. The molecular weight excluding hydrogens is 164 g/mol. The van der Waals surface area contributed by atoms with Crippen molar-refractivity contribution in [2.75, 3.05) is 0 Å². The summed E-state index contributed by atoms with van der Waals surface area (Å²) in [6.07, 6.45) is 4.92. The summed E-state index contributed by atoms with van der Waals surface area (Å²) >= 11 is -2.09. The van der Waals surface area contributed by atoms with Gasteiger partial charge in [0.2, 0.25) is 0 Å². The van der Waals surface area contributed by atoms with E-state index >= 15 is 0 Å². The molecule has 0 radical (unpaired) electrons. The molecule has 1 aliphatic carbocycles. The lowest BCUT2D eigenvalue weighted by atomic mass is 10.00. The third-order valence-corrected chi connectivity index (χ3v) is 2.90. The first-order chi connectivity index (χ1) is 5.18. The van der Waals surface area contributed by atoms with Gasteiger partial charge in [0.25, 0.3) is 0 Å².